The molecule has 0 aromatic carbocycles. The van der Waals surface area contributed by atoms with Gasteiger partial charge in [-0.2, -0.15) is 0 Å². The molecule has 2 aromatic rings. The van der Waals surface area contributed by atoms with Gasteiger partial charge in [0.05, 0.1) is 30.8 Å². The van der Waals surface area contributed by atoms with Gasteiger partial charge in [0.2, 0.25) is 11.8 Å². The Morgan fingerprint density at radius 2 is 2.04 bits per heavy atom. The van der Waals surface area contributed by atoms with Crippen LogP contribution in [0.25, 0.3) is 0 Å². The van der Waals surface area contributed by atoms with Crippen molar-refractivity contribution in [2.45, 2.75) is 12.8 Å². The molecule has 2 aromatic heterocycles. The molecule has 0 N–H and O–H groups in total. The van der Waals surface area contributed by atoms with E-state index < -0.39 is 0 Å². The zero-order chi connectivity index (χ0) is 17.8. The van der Waals surface area contributed by atoms with Crippen molar-refractivity contribution in [3.8, 4) is 5.88 Å². The lowest BCUT2D eigenvalue weighted by Gasteiger charge is -2.33. The molecule has 1 fully saturated rings. The summed E-state index contributed by atoms with van der Waals surface area (Å²) in [6, 6.07) is 5.19. The number of furan rings is 1. The van der Waals surface area contributed by atoms with Crippen LogP contribution in [-0.2, 0) is 4.79 Å². The van der Waals surface area contributed by atoms with E-state index in [-0.39, 0.29) is 17.7 Å². The molecule has 3 heterocycles. The Hall–Kier alpha value is -2.83. The summed E-state index contributed by atoms with van der Waals surface area (Å²) >= 11 is 0. The number of amides is 2. The number of ether oxygens (including phenoxy) is 1. The average molecular weight is 343 g/mol. The zero-order valence-electron chi connectivity index (χ0n) is 14.3. The Morgan fingerprint density at radius 3 is 2.60 bits per heavy atom. The number of carbonyl (C=O) groups is 2. The van der Waals surface area contributed by atoms with Crippen LogP contribution in [0.2, 0.25) is 0 Å². The van der Waals surface area contributed by atoms with Gasteiger partial charge in [-0.25, -0.2) is 4.98 Å². The molecule has 0 saturated carbocycles. The molecule has 0 unspecified atom stereocenters. The Morgan fingerprint density at radius 1 is 1.28 bits per heavy atom. The van der Waals surface area contributed by atoms with Gasteiger partial charge >= 0.3 is 0 Å². The predicted molar refractivity (Wildman–Crippen MR) is 91.5 cm³/mol. The molecule has 0 aliphatic carbocycles. The fraction of sp³-hybridized carbons (Fsp3) is 0.389. The number of methoxy groups -OCH3 is 1. The maximum atomic E-state index is 12.7. The summed E-state index contributed by atoms with van der Waals surface area (Å²) in [7, 11) is 3.30. The Labute approximate surface area is 146 Å². The van der Waals surface area contributed by atoms with E-state index in [1.54, 1.807) is 48.4 Å². The number of pyridine rings is 1. The first-order chi connectivity index (χ1) is 12.1. The maximum absolute atomic E-state index is 12.7. The summed E-state index contributed by atoms with van der Waals surface area (Å²) in [6.07, 6.45) is 5.85. The molecular formula is C18H21N3O4. The van der Waals surface area contributed by atoms with Gasteiger partial charge in [0.1, 0.15) is 6.26 Å². The van der Waals surface area contributed by atoms with Gasteiger partial charge in [-0.15, -0.1) is 0 Å². The summed E-state index contributed by atoms with van der Waals surface area (Å²) in [5.41, 5.74) is 1.27. The fourth-order valence-electron chi connectivity index (χ4n) is 2.99. The van der Waals surface area contributed by atoms with Crippen molar-refractivity contribution < 1.29 is 18.7 Å². The van der Waals surface area contributed by atoms with Crippen molar-refractivity contribution in [2.24, 2.45) is 5.92 Å². The number of rotatable bonds is 4. The largest absolute Gasteiger partial charge is 0.481 e. The van der Waals surface area contributed by atoms with E-state index in [1.165, 1.54) is 12.5 Å². The minimum atomic E-state index is -0.0968. The Bertz CT molecular complexity index is 719. The highest BCUT2D eigenvalue weighted by molar-refractivity contribution is 5.96. The summed E-state index contributed by atoms with van der Waals surface area (Å²) in [5.74, 6) is 0.408. The number of nitrogens with zero attached hydrogens (tertiary/aromatic N) is 3. The van der Waals surface area contributed by atoms with Gasteiger partial charge in [-0.05, 0) is 25.0 Å². The van der Waals surface area contributed by atoms with Gasteiger partial charge in [0.15, 0.2) is 0 Å². The normalized spacial score (nSPS) is 15.0. The smallest absolute Gasteiger partial charge is 0.257 e. The van der Waals surface area contributed by atoms with Crippen molar-refractivity contribution in [1.29, 1.82) is 0 Å². The minimum Gasteiger partial charge on any atom is -0.481 e. The topological polar surface area (TPSA) is 75.9 Å². The van der Waals surface area contributed by atoms with E-state index >= 15 is 0 Å². The highest BCUT2D eigenvalue weighted by Crippen LogP contribution is 2.24. The third kappa shape index (κ3) is 3.65. The average Bonchev–Trinajstić information content (AvgIpc) is 3.21. The van der Waals surface area contributed by atoms with Gasteiger partial charge in [0.25, 0.3) is 5.91 Å². The van der Waals surface area contributed by atoms with Crippen LogP contribution in [0.3, 0.4) is 0 Å². The van der Waals surface area contributed by atoms with Gasteiger partial charge in [-0.1, -0.05) is 0 Å². The van der Waals surface area contributed by atoms with E-state index in [1.807, 2.05) is 0 Å². The van der Waals surface area contributed by atoms with Gasteiger partial charge < -0.3 is 19.0 Å². The minimum absolute atomic E-state index is 0.0439. The second-order valence-corrected chi connectivity index (χ2v) is 6.03. The van der Waals surface area contributed by atoms with E-state index in [0.29, 0.717) is 37.4 Å². The van der Waals surface area contributed by atoms with Crippen LogP contribution in [0.15, 0.2) is 41.3 Å². The molecule has 7 nitrogen and oxygen atoms in total. The van der Waals surface area contributed by atoms with Gasteiger partial charge in [-0.3, -0.25) is 9.59 Å². The monoisotopic (exact) mass is 343 g/mol. The number of piperidine rings is 1. The second-order valence-electron chi connectivity index (χ2n) is 6.03. The number of hydrogen-bond donors (Lipinski definition) is 0. The maximum Gasteiger partial charge on any atom is 0.257 e. The molecule has 1 aliphatic rings. The Balaban J connectivity index is 1.58. The van der Waals surface area contributed by atoms with Crippen molar-refractivity contribution in [2.75, 3.05) is 32.1 Å². The molecule has 0 atom stereocenters. The van der Waals surface area contributed by atoms with Crippen molar-refractivity contribution in [3.05, 3.63) is 42.5 Å². The molecule has 132 valence electrons. The summed E-state index contributed by atoms with van der Waals surface area (Å²) in [5, 5.41) is 0. The quantitative estimate of drug-likeness (QED) is 0.851. The molecule has 3 rings (SSSR count). The zero-order valence-corrected chi connectivity index (χ0v) is 14.3. The first-order valence-corrected chi connectivity index (χ1v) is 8.19. The molecule has 2 amide bonds. The van der Waals surface area contributed by atoms with Crippen LogP contribution in [0.1, 0.15) is 23.2 Å². The highest BCUT2D eigenvalue weighted by Gasteiger charge is 2.30. The molecule has 1 aliphatic heterocycles. The highest BCUT2D eigenvalue weighted by atomic mass is 16.5. The van der Waals surface area contributed by atoms with Crippen molar-refractivity contribution in [1.82, 2.24) is 9.88 Å². The molecule has 7 heteroatoms. The summed E-state index contributed by atoms with van der Waals surface area (Å²) in [6.45, 7) is 1.13. The lowest BCUT2D eigenvalue weighted by molar-refractivity contribution is -0.123. The van der Waals surface area contributed by atoms with Crippen LogP contribution >= 0.6 is 0 Å². The van der Waals surface area contributed by atoms with Crippen LogP contribution in [0, 0.1) is 5.92 Å². The third-order valence-electron chi connectivity index (χ3n) is 4.55. The lowest BCUT2D eigenvalue weighted by Crippen LogP contribution is -2.43. The molecule has 1 saturated heterocycles. The number of aromatic nitrogens is 1. The fourth-order valence-corrected chi connectivity index (χ4v) is 2.99. The van der Waals surface area contributed by atoms with Crippen molar-refractivity contribution in [3.63, 3.8) is 0 Å². The Kier molecular flexibility index (Phi) is 5.02. The molecule has 0 bridgehead atoms. The third-order valence-corrected chi connectivity index (χ3v) is 4.55. The molecule has 0 spiro atoms. The molecule has 25 heavy (non-hydrogen) atoms. The predicted octanol–water partition coefficient (Wildman–Crippen LogP) is 2.20. The van der Waals surface area contributed by atoms with Crippen molar-refractivity contribution >= 4 is 17.5 Å². The molecule has 0 radical (unpaired) electrons. The lowest BCUT2D eigenvalue weighted by atomic mass is 9.95. The summed E-state index contributed by atoms with van der Waals surface area (Å²) in [4.78, 5) is 32.5. The molecular weight excluding hydrogens is 322 g/mol. The van der Waals surface area contributed by atoms with Crippen LogP contribution in [0.5, 0.6) is 5.88 Å². The number of carbonyl (C=O) groups excluding carboxylic acids is 2. The first-order valence-electron chi connectivity index (χ1n) is 8.19. The van der Waals surface area contributed by atoms with Crippen LogP contribution in [-0.4, -0.2) is 48.9 Å². The van der Waals surface area contributed by atoms with Gasteiger partial charge in [0, 0.05) is 32.1 Å². The SMILES string of the molecule is COc1ccc(N(C)C(=O)C2CCN(C(=O)c3ccoc3)CC2)cn1. The number of likely N-dealkylation sites (tertiary alicyclic amines) is 1. The second kappa shape index (κ2) is 7.38. The first kappa shape index (κ1) is 17.0. The summed E-state index contributed by atoms with van der Waals surface area (Å²) < 4.78 is 9.99. The van der Waals surface area contributed by atoms with E-state index in [9.17, 15) is 9.59 Å². The van der Waals surface area contributed by atoms with Crippen LogP contribution < -0.4 is 9.64 Å². The van der Waals surface area contributed by atoms with E-state index in [2.05, 4.69) is 4.98 Å². The van der Waals surface area contributed by atoms with Crippen LogP contribution in [0.4, 0.5) is 5.69 Å². The standard InChI is InChI=1S/C18H21N3O4/c1-20(15-3-4-16(24-2)19-11-15)17(22)13-5-8-21(9-6-13)18(23)14-7-10-25-12-14/h3-4,7,10-13H,5-6,8-9H2,1-2H3. The van der Waals surface area contributed by atoms with E-state index in [0.717, 1.165) is 5.69 Å². The number of hydrogen-bond acceptors (Lipinski definition) is 5. The van der Waals surface area contributed by atoms with E-state index in [4.69, 9.17) is 9.15 Å². The number of anilines is 1.